The van der Waals surface area contributed by atoms with E-state index in [1.54, 1.807) is 0 Å². The smallest absolute Gasteiger partial charge is 0.329 e. The highest BCUT2D eigenvalue weighted by atomic mass is 16.4. The van der Waals surface area contributed by atoms with Crippen LogP contribution in [0.5, 0.6) is 0 Å². The van der Waals surface area contributed by atoms with Crippen molar-refractivity contribution in [2.45, 2.75) is 52.0 Å². The monoisotopic (exact) mass is 235 g/mol. The minimum atomic E-state index is -0.704. The second kappa shape index (κ2) is 4.21. The lowest BCUT2D eigenvalue weighted by Crippen LogP contribution is -2.45. The van der Waals surface area contributed by atoms with Crippen molar-refractivity contribution in [3.8, 4) is 0 Å². The molecule has 0 radical (unpaired) electrons. The normalized spacial score (nSPS) is 29.2. The van der Waals surface area contributed by atoms with E-state index in [0.29, 0.717) is 5.92 Å². The molecule has 1 aliphatic rings. The second-order valence-corrected chi connectivity index (χ2v) is 5.47. The van der Waals surface area contributed by atoms with Gasteiger partial charge in [0.1, 0.15) is 5.54 Å². The van der Waals surface area contributed by atoms with Crippen molar-refractivity contribution in [3.05, 3.63) is 23.5 Å². The number of hydrogen-bond acceptors (Lipinski definition) is 1. The largest absolute Gasteiger partial charge is 0.479 e. The van der Waals surface area contributed by atoms with Gasteiger partial charge in [-0.1, -0.05) is 6.92 Å². The molecule has 0 atom stereocenters. The maximum atomic E-state index is 11.8. The van der Waals surface area contributed by atoms with Gasteiger partial charge in [-0.3, -0.25) is 0 Å². The topological polar surface area (TPSA) is 42.2 Å². The summed E-state index contributed by atoms with van der Waals surface area (Å²) in [6, 6.07) is 4.02. The molecule has 1 N–H and O–H groups in total. The van der Waals surface area contributed by atoms with Crippen molar-refractivity contribution in [2.75, 3.05) is 0 Å². The molecule has 17 heavy (non-hydrogen) atoms. The highest BCUT2D eigenvalue weighted by molar-refractivity contribution is 5.77. The van der Waals surface area contributed by atoms with Crippen molar-refractivity contribution >= 4 is 5.97 Å². The molecule has 2 rings (SSSR count). The van der Waals surface area contributed by atoms with Gasteiger partial charge in [-0.2, -0.15) is 0 Å². The third-order valence-electron chi connectivity index (χ3n) is 4.20. The van der Waals surface area contributed by atoms with Crippen molar-refractivity contribution in [1.82, 2.24) is 4.57 Å². The highest BCUT2D eigenvalue weighted by Crippen LogP contribution is 2.39. The van der Waals surface area contributed by atoms with Crippen LogP contribution >= 0.6 is 0 Å². The fourth-order valence-corrected chi connectivity index (χ4v) is 3.12. The third-order valence-corrected chi connectivity index (χ3v) is 4.20. The van der Waals surface area contributed by atoms with Gasteiger partial charge < -0.3 is 9.67 Å². The van der Waals surface area contributed by atoms with E-state index in [2.05, 4.69) is 6.92 Å². The summed E-state index contributed by atoms with van der Waals surface area (Å²) in [6.45, 7) is 6.20. The van der Waals surface area contributed by atoms with Crippen molar-refractivity contribution in [1.29, 1.82) is 0 Å². The van der Waals surface area contributed by atoms with Gasteiger partial charge in [-0.05, 0) is 57.6 Å². The van der Waals surface area contributed by atoms with Crippen LogP contribution in [0, 0.1) is 19.8 Å². The van der Waals surface area contributed by atoms with Crippen molar-refractivity contribution in [3.63, 3.8) is 0 Å². The second-order valence-electron chi connectivity index (χ2n) is 5.47. The molecule has 0 amide bonds. The Bertz CT molecular complexity index is 406. The zero-order valence-electron chi connectivity index (χ0n) is 10.9. The Morgan fingerprint density at radius 2 is 1.76 bits per heavy atom. The third kappa shape index (κ3) is 1.88. The van der Waals surface area contributed by atoms with Crippen molar-refractivity contribution < 1.29 is 9.90 Å². The number of carbonyl (C=O) groups is 1. The summed E-state index contributed by atoms with van der Waals surface area (Å²) in [4.78, 5) is 11.8. The number of hydrogen-bond donors (Lipinski definition) is 1. The molecule has 0 saturated heterocycles. The van der Waals surface area contributed by atoms with E-state index in [9.17, 15) is 9.90 Å². The van der Waals surface area contributed by atoms with E-state index < -0.39 is 11.5 Å². The lowest BCUT2D eigenvalue weighted by atomic mass is 9.76. The molecule has 1 aromatic heterocycles. The van der Waals surface area contributed by atoms with Gasteiger partial charge in [0.25, 0.3) is 0 Å². The van der Waals surface area contributed by atoms with Gasteiger partial charge in [0.15, 0.2) is 0 Å². The molecule has 0 aliphatic heterocycles. The lowest BCUT2D eigenvalue weighted by molar-refractivity contribution is -0.150. The number of aliphatic carboxylic acids is 1. The first-order valence-electron chi connectivity index (χ1n) is 6.36. The van der Waals surface area contributed by atoms with E-state index >= 15 is 0 Å². The summed E-state index contributed by atoms with van der Waals surface area (Å²) in [5, 5.41) is 9.67. The fraction of sp³-hybridized carbons (Fsp3) is 0.643. The number of carboxylic acid groups (broad SMARTS) is 1. The first-order valence-corrected chi connectivity index (χ1v) is 6.36. The zero-order valence-corrected chi connectivity index (χ0v) is 10.9. The summed E-state index contributed by atoms with van der Waals surface area (Å²) in [5.74, 6) is -0.0227. The fourth-order valence-electron chi connectivity index (χ4n) is 3.12. The van der Waals surface area contributed by atoms with Gasteiger partial charge in [0.2, 0.25) is 0 Å². The van der Waals surface area contributed by atoms with Crippen LogP contribution in [-0.4, -0.2) is 15.6 Å². The van der Waals surface area contributed by atoms with Gasteiger partial charge >= 0.3 is 5.97 Å². The molecule has 94 valence electrons. The van der Waals surface area contributed by atoms with Crippen LogP contribution in [-0.2, 0) is 10.3 Å². The molecular weight excluding hydrogens is 214 g/mol. The standard InChI is InChI=1S/C14H21NO2/c1-10-6-8-14(9-7-10,13(16)17)15-11(2)4-5-12(15)3/h4-5,10H,6-9H2,1-3H3,(H,16,17). The number of rotatable bonds is 2. The molecule has 0 bridgehead atoms. The van der Waals surface area contributed by atoms with E-state index in [1.165, 1.54) is 0 Å². The minimum absolute atomic E-state index is 0.652. The lowest BCUT2D eigenvalue weighted by Gasteiger charge is -2.39. The van der Waals surface area contributed by atoms with E-state index in [-0.39, 0.29) is 0 Å². The Hall–Kier alpha value is -1.25. The van der Waals surface area contributed by atoms with E-state index in [0.717, 1.165) is 37.1 Å². The van der Waals surface area contributed by atoms with Gasteiger partial charge in [-0.25, -0.2) is 4.79 Å². The van der Waals surface area contributed by atoms with Crippen LogP contribution in [0.25, 0.3) is 0 Å². The van der Waals surface area contributed by atoms with Gasteiger partial charge in [-0.15, -0.1) is 0 Å². The minimum Gasteiger partial charge on any atom is -0.479 e. The molecule has 0 aromatic carbocycles. The molecule has 1 heterocycles. The van der Waals surface area contributed by atoms with E-state index in [4.69, 9.17) is 0 Å². The maximum Gasteiger partial charge on any atom is 0.329 e. The number of carboxylic acids is 1. The zero-order chi connectivity index (χ0) is 12.6. The van der Waals surface area contributed by atoms with Gasteiger partial charge in [0.05, 0.1) is 0 Å². The maximum absolute atomic E-state index is 11.8. The Kier molecular flexibility index (Phi) is 3.02. The Morgan fingerprint density at radius 1 is 1.29 bits per heavy atom. The first kappa shape index (κ1) is 12.2. The van der Waals surface area contributed by atoms with E-state index in [1.807, 2.05) is 30.5 Å². The Morgan fingerprint density at radius 3 is 2.18 bits per heavy atom. The average molecular weight is 235 g/mol. The molecule has 1 aromatic rings. The van der Waals surface area contributed by atoms with Crippen LogP contribution in [0.4, 0.5) is 0 Å². The summed E-state index contributed by atoms with van der Waals surface area (Å²) >= 11 is 0. The quantitative estimate of drug-likeness (QED) is 0.856. The molecule has 0 unspecified atom stereocenters. The number of aromatic nitrogens is 1. The Balaban J connectivity index is 2.46. The van der Waals surface area contributed by atoms with Crippen LogP contribution in [0.1, 0.15) is 44.0 Å². The molecule has 3 heteroatoms. The average Bonchev–Trinajstić information content (AvgIpc) is 2.61. The summed E-state index contributed by atoms with van der Waals surface area (Å²) in [7, 11) is 0. The first-order chi connectivity index (χ1) is 7.97. The summed E-state index contributed by atoms with van der Waals surface area (Å²) in [5.41, 5.74) is 1.41. The van der Waals surface area contributed by atoms with Gasteiger partial charge in [0, 0.05) is 11.4 Å². The highest BCUT2D eigenvalue weighted by Gasteiger charge is 2.43. The number of nitrogens with zero attached hydrogens (tertiary/aromatic N) is 1. The predicted molar refractivity (Wildman–Crippen MR) is 67.1 cm³/mol. The van der Waals surface area contributed by atoms with Crippen LogP contribution in [0.2, 0.25) is 0 Å². The van der Waals surface area contributed by atoms with Crippen LogP contribution in [0.15, 0.2) is 12.1 Å². The summed E-state index contributed by atoms with van der Waals surface area (Å²) in [6.07, 6.45) is 3.51. The molecule has 1 aliphatic carbocycles. The molecule has 0 spiro atoms. The van der Waals surface area contributed by atoms with Crippen molar-refractivity contribution in [2.24, 2.45) is 5.92 Å². The predicted octanol–water partition coefficient (Wildman–Crippen LogP) is 3.09. The molecule has 3 nitrogen and oxygen atoms in total. The molecule has 1 saturated carbocycles. The molecular formula is C14H21NO2. The SMILES string of the molecule is Cc1ccc(C)n1C1(C(=O)O)CCC(C)CC1. The van der Waals surface area contributed by atoms with Crippen LogP contribution < -0.4 is 0 Å². The Labute approximate surface area is 102 Å². The summed E-state index contributed by atoms with van der Waals surface area (Å²) < 4.78 is 2.03. The number of aryl methyl sites for hydroxylation is 2. The van der Waals surface area contributed by atoms with Crippen LogP contribution in [0.3, 0.4) is 0 Å². The molecule has 1 fully saturated rings.